The number of aromatic nitrogens is 1. The summed E-state index contributed by atoms with van der Waals surface area (Å²) in [5, 5.41) is 4.77. The van der Waals surface area contributed by atoms with Crippen LogP contribution < -0.4 is 21.7 Å². The third kappa shape index (κ3) is 6.55. The fraction of sp³-hybridized carbons (Fsp3) is 0.109. The lowest BCUT2D eigenvalue weighted by molar-refractivity contribution is 0.619. The fourth-order valence-corrected chi connectivity index (χ4v) is 9.58. The molecule has 0 bridgehead atoms. The van der Waals surface area contributed by atoms with Crippen molar-refractivity contribution in [2.24, 2.45) is 0 Å². The highest BCUT2D eigenvalue weighted by molar-refractivity contribution is 6.96. The van der Waals surface area contributed by atoms with Crippen molar-refractivity contribution in [3.63, 3.8) is 0 Å². The number of anilines is 1. The minimum Gasteiger partial charge on any atom is -0.454 e. The number of pyridine rings is 1. The first-order valence-corrected chi connectivity index (χ1v) is 20.6. The summed E-state index contributed by atoms with van der Waals surface area (Å²) in [5.74, 6) is 0.933. The summed E-state index contributed by atoms with van der Waals surface area (Å²) in [6.07, 6.45) is 1.88. The molecule has 0 aliphatic carbocycles. The van der Waals surface area contributed by atoms with Crippen molar-refractivity contribution in [1.82, 2.24) is 4.98 Å². The largest absolute Gasteiger partial charge is 0.454 e. The van der Waals surface area contributed by atoms with E-state index in [0.29, 0.717) is 0 Å². The van der Waals surface area contributed by atoms with Gasteiger partial charge in [-0.25, -0.2) is 0 Å². The monoisotopic (exact) mass is 760 g/mol. The first-order valence-electron chi connectivity index (χ1n) is 20.6. The highest BCUT2D eigenvalue weighted by atomic mass is 16.3. The van der Waals surface area contributed by atoms with Gasteiger partial charge in [0, 0.05) is 27.8 Å². The number of aryl methyl sites for hydroxylation is 4. The molecule has 4 heteroatoms. The molecule has 0 radical (unpaired) electrons. The Bertz CT molecular complexity index is 2880. The molecule has 0 saturated carbocycles. The molecule has 1 atom stereocenters. The summed E-state index contributed by atoms with van der Waals surface area (Å²) in [4.78, 5) is 4.91. The van der Waals surface area contributed by atoms with Gasteiger partial charge in [-0.3, -0.25) is 4.98 Å². The standard InChI is InChI=1S/C55H45BN2O/c1-34-27-44(39-15-8-6-9-16-39)28-35(2)53(34)56(54-36(3)29-45(30-37(54)4)40-17-10-7-11-18-40)46-25-23-41(24-26-46)42-19-14-20-43(31-42)50-32-48-51(33-57-50)59-55-47-21-12-13-22-49(47)58-38(5)52(48)55/h6-33,38,58H,1-5H3. The lowest BCUT2D eigenvalue weighted by atomic mass is 9.34. The molecule has 0 spiro atoms. The summed E-state index contributed by atoms with van der Waals surface area (Å²) in [7, 11) is 0. The van der Waals surface area contributed by atoms with Crippen LogP contribution in [0.25, 0.3) is 66.9 Å². The third-order valence-electron chi connectivity index (χ3n) is 12.3. The molecule has 3 heterocycles. The molecule has 7 aromatic carbocycles. The van der Waals surface area contributed by atoms with Crippen LogP contribution in [0, 0.1) is 27.7 Å². The van der Waals surface area contributed by atoms with Crippen LogP contribution in [0.15, 0.2) is 174 Å². The van der Waals surface area contributed by atoms with Gasteiger partial charge in [0.25, 0.3) is 0 Å². The van der Waals surface area contributed by atoms with E-state index in [1.54, 1.807) is 0 Å². The smallest absolute Gasteiger partial charge is 0.242 e. The zero-order valence-corrected chi connectivity index (χ0v) is 34.2. The second-order valence-corrected chi connectivity index (χ2v) is 16.2. The average Bonchev–Trinajstić information content (AvgIpc) is 3.66. The first-order chi connectivity index (χ1) is 28.8. The zero-order chi connectivity index (χ0) is 40.2. The van der Waals surface area contributed by atoms with Crippen molar-refractivity contribution in [2.75, 3.05) is 5.32 Å². The summed E-state index contributed by atoms with van der Waals surface area (Å²) in [6.45, 7) is 11.4. The van der Waals surface area contributed by atoms with Crippen LogP contribution in [0.4, 0.5) is 5.69 Å². The Morgan fingerprint density at radius 1 is 0.508 bits per heavy atom. The number of benzene rings is 7. The van der Waals surface area contributed by atoms with Crippen LogP contribution in [0.3, 0.4) is 0 Å². The van der Waals surface area contributed by atoms with Crippen molar-refractivity contribution in [3.05, 3.63) is 198 Å². The maximum Gasteiger partial charge on any atom is 0.242 e. The summed E-state index contributed by atoms with van der Waals surface area (Å²) in [6, 6.07) is 59.6. The van der Waals surface area contributed by atoms with E-state index in [1.807, 2.05) is 6.20 Å². The molecule has 9 aromatic rings. The van der Waals surface area contributed by atoms with Gasteiger partial charge in [-0.1, -0.05) is 178 Å². The van der Waals surface area contributed by atoms with Crippen molar-refractivity contribution in [2.45, 2.75) is 40.7 Å². The Kier molecular flexibility index (Phi) is 9.14. The maximum absolute atomic E-state index is 6.44. The molecule has 0 saturated heterocycles. The highest BCUT2D eigenvalue weighted by Crippen LogP contribution is 2.46. The van der Waals surface area contributed by atoms with Gasteiger partial charge in [-0.05, 0) is 92.3 Å². The first kappa shape index (κ1) is 36.4. The van der Waals surface area contributed by atoms with E-state index in [2.05, 4.69) is 204 Å². The van der Waals surface area contributed by atoms with Gasteiger partial charge in [0.15, 0.2) is 5.58 Å². The molecular formula is C55H45BN2O. The van der Waals surface area contributed by atoms with Crippen molar-refractivity contribution < 1.29 is 4.42 Å². The molecule has 0 amide bonds. The zero-order valence-electron chi connectivity index (χ0n) is 34.2. The SMILES string of the molecule is Cc1cc(-c2ccccc2)cc(C)c1B(c1ccc(-c2cccc(-c3cc4c5c(oc4cn3)-c3ccccc3NC5C)c2)cc1)c1c(C)cc(-c2ccccc2)cc1C. The van der Waals surface area contributed by atoms with Gasteiger partial charge in [0.2, 0.25) is 6.71 Å². The number of para-hydroxylation sites is 1. The number of rotatable bonds is 7. The Morgan fingerprint density at radius 2 is 1.03 bits per heavy atom. The molecular weight excluding hydrogens is 715 g/mol. The van der Waals surface area contributed by atoms with Gasteiger partial charge >= 0.3 is 0 Å². The quantitative estimate of drug-likeness (QED) is 0.164. The minimum atomic E-state index is 0.0608. The van der Waals surface area contributed by atoms with Gasteiger partial charge < -0.3 is 9.73 Å². The lowest BCUT2D eigenvalue weighted by Crippen LogP contribution is -2.55. The second kappa shape index (κ2) is 14.8. The maximum atomic E-state index is 6.44. The lowest BCUT2D eigenvalue weighted by Gasteiger charge is -2.25. The number of furan rings is 1. The summed E-state index contributed by atoms with van der Waals surface area (Å²) >= 11 is 0. The van der Waals surface area contributed by atoms with Gasteiger partial charge in [0.05, 0.1) is 17.9 Å². The van der Waals surface area contributed by atoms with Crippen LogP contribution in [-0.4, -0.2) is 11.7 Å². The second-order valence-electron chi connectivity index (χ2n) is 16.2. The van der Waals surface area contributed by atoms with Crippen LogP contribution in [-0.2, 0) is 0 Å². The Morgan fingerprint density at radius 3 is 1.64 bits per heavy atom. The molecule has 1 unspecified atom stereocenters. The molecule has 2 aromatic heterocycles. The molecule has 284 valence electrons. The predicted octanol–water partition coefficient (Wildman–Crippen LogP) is 12.4. The number of hydrogen-bond acceptors (Lipinski definition) is 3. The van der Waals surface area contributed by atoms with Gasteiger partial charge in [-0.2, -0.15) is 0 Å². The molecule has 59 heavy (non-hydrogen) atoms. The van der Waals surface area contributed by atoms with Crippen LogP contribution in [0.1, 0.15) is 40.8 Å². The van der Waals surface area contributed by atoms with E-state index in [-0.39, 0.29) is 12.8 Å². The van der Waals surface area contributed by atoms with E-state index in [4.69, 9.17) is 9.40 Å². The van der Waals surface area contributed by atoms with Crippen molar-refractivity contribution >= 4 is 39.8 Å². The molecule has 10 rings (SSSR count). The van der Waals surface area contributed by atoms with Crippen LogP contribution in [0.2, 0.25) is 0 Å². The molecule has 1 N–H and O–H groups in total. The summed E-state index contributed by atoms with van der Waals surface area (Å²) in [5.41, 5.74) is 22.7. The van der Waals surface area contributed by atoms with Crippen molar-refractivity contribution in [3.8, 4) is 56.0 Å². The predicted molar refractivity (Wildman–Crippen MR) is 250 cm³/mol. The number of nitrogens with one attached hydrogen (secondary N) is 1. The van der Waals surface area contributed by atoms with E-state index < -0.39 is 0 Å². The van der Waals surface area contributed by atoms with Crippen LogP contribution in [0.5, 0.6) is 0 Å². The van der Waals surface area contributed by atoms with E-state index in [9.17, 15) is 0 Å². The molecule has 1 aliphatic rings. The highest BCUT2D eigenvalue weighted by Gasteiger charge is 2.30. The van der Waals surface area contributed by atoms with E-state index in [1.165, 1.54) is 72.0 Å². The Balaban J connectivity index is 1.04. The van der Waals surface area contributed by atoms with E-state index in [0.717, 1.165) is 44.8 Å². The molecule has 3 nitrogen and oxygen atoms in total. The molecule has 0 fully saturated rings. The normalized spacial score (nSPS) is 13.1. The van der Waals surface area contributed by atoms with Crippen LogP contribution >= 0.6 is 0 Å². The fourth-order valence-electron chi connectivity index (χ4n) is 9.58. The van der Waals surface area contributed by atoms with Crippen molar-refractivity contribution in [1.29, 1.82) is 0 Å². The van der Waals surface area contributed by atoms with E-state index >= 15 is 0 Å². The molecule has 1 aliphatic heterocycles. The topological polar surface area (TPSA) is 38.1 Å². The third-order valence-corrected chi connectivity index (χ3v) is 12.3. The summed E-state index contributed by atoms with van der Waals surface area (Å²) < 4.78 is 6.44. The number of nitrogens with zero attached hydrogens (tertiary/aromatic N) is 1. The van der Waals surface area contributed by atoms with Gasteiger partial charge in [0.1, 0.15) is 5.76 Å². The Labute approximate surface area is 347 Å². The number of hydrogen-bond donors (Lipinski definition) is 1. The minimum absolute atomic E-state index is 0.0608. The van der Waals surface area contributed by atoms with Gasteiger partial charge in [-0.15, -0.1) is 0 Å². The Hall–Kier alpha value is -6.91. The number of fused-ring (bicyclic) bond motifs is 5. The average molecular weight is 761 g/mol.